The Balaban J connectivity index is 1.79. The molecule has 9 heteroatoms. The van der Waals surface area contributed by atoms with Crippen LogP contribution in [-0.2, 0) is 32.6 Å². The first-order valence-electron chi connectivity index (χ1n) is 16.1. The number of carbonyl (C=O) groups excluding carboxylic acids is 2. The number of sulfonamides is 1. The van der Waals surface area contributed by atoms with Crippen LogP contribution in [0.3, 0.4) is 0 Å². The van der Waals surface area contributed by atoms with Gasteiger partial charge in [-0.2, -0.15) is 0 Å². The Kier molecular flexibility index (Phi) is 12.6. The Hall–Kier alpha value is -4.63. The predicted molar refractivity (Wildman–Crippen MR) is 187 cm³/mol. The van der Waals surface area contributed by atoms with Crippen molar-refractivity contribution in [1.82, 2.24) is 10.2 Å². The topological polar surface area (TPSA) is 96.0 Å². The maximum atomic E-state index is 14.6. The number of rotatable bonds is 16. The number of hydrogen-bond donors (Lipinski definition) is 1. The van der Waals surface area contributed by atoms with Gasteiger partial charge in [-0.25, -0.2) is 8.42 Å². The zero-order valence-electron chi connectivity index (χ0n) is 27.7. The lowest BCUT2D eigenvalue weighted by Gasteiger charge is -2.34. The summed E-state index contributed by atoms with van der Waals surface area (Å²) in [6.45, 7) is 8.32. The fourth-order valence-corrected chi connectivity index (χ4v) is 6.72. The van der Waals surface area contributed by atoms with Gasteiger partial charge in [0, 0.05) is 19.5 Å². The molecule has 0 aliphatic heterocycles. The highest BCUT2D eigenvalue weighted by atomic mass is 32.2. The molecule has 0 fully saturated rings. The molecule has 0 bridgehead atoms. The summed E-state index contributed by atoms with van der Waals surface area (Å²) in [5.74, 6) is -0.192. The summed E-state index contributed by atoms with van der Waals surface area (Å²) in [7, 11) is -4.18. The number of nitrogens with zero attached hydrogens (tertiary/aromatic N) is 2. The van der Waals surface area contributed by atoms with Crippen LogP contribution in [0.5, 0.6) is 5.75 Å². The smallest absolute Gasteiger partial charge is 0.264 e. The Bertz CT molecular complexity index is 1710. The second kappa shape index (κ2) is 16.8. The number of hydrogen-bond acceptors (Lipinski definition) is 5. The third kappa shape index (κ3) is 9.68. The van der Waals surface area contributed by atoms with Crippen LogP contribution in [0.2, 0.25) is 0 Å². The number of amides is 2. The number of benzene rings is 4. The monoisotopic (exact) mass is 655 g/mol. The number of carbonyl (C=O) groups is 2. The molecule has 0 aliphatic rings. The second-order valence-electron chi connectivity index (χ2n) is 11.6. The van der Waals surface area contributed by atoms with Crippen LogP contribution in [0, 0.1) is 13.8 Å². The molecule has 1 atom stereocenters. The molecule has 0 heterocycles. The largest absolute Gasteiger partial charge is 0.494 e. The zero-order chi connectivity index (χ0) is 33.8. The van der Waals surface area contributed by atoms with Gasteiger partial charge in [0.2, 0.25) is 11.8 Å². The molecule has 1 N–H and O–H groups in total. The summed E-state index contributed by atoms with van der Waals surface area (Å²) in [5, 5.41) is 3.02. The van der Waals surface area contributed by atoms with Crippen molar-refractivity contribution in [2.75, 3.05) is 24.0 Å². The SMILES string of the molecule is CCCCNC(=O)[C@@H](Cc1ccccc1)N(Cc1cccc(C)c1)C(=O)CN(c1ccc(OCC)cc1)S(=O)(=O)c1ccc(C)cc1. The molecule has 0 saturated carbocycles. The Morgan fingerprint density at radius 1 is 0.809 bits per heavy atom. The van der Waals surface area contributed by atoms with E-state index in [1.54, 1.807) is 48.5 Å². The molecular formula is C38H45N3O5S. The molecule has 4 aromatic rings. The van der Waals surface area contributed by atoms with E-state index in [0.717, 1.165) is 39.4 Å². The minimum atomic E-state index is -4.18. The number of aryl methyl sites for hydroxylation is 2. The van der Waals surface area contributed by atoms with Gasteiger partial charge in [0.15, 0.2) is 0 Å². The van der Waals surface area contributed by atoms with E-state index in [1.165, 1.54) is 4.90 Å². The van der Waals surface area contributed by atoms with Gasteiger partial charge in [0.25, 0.3) is 10.0 Å². The summed E-state index contributed by atoms with van der Waals surface area (Å²) in [5.41, 5.74) is 3.96. The zero-order valence-corrected chi connectivity index (χ0v) is 28.5. The Morgan fingerprint density at radius 3 is 2.13 bits per heavy atom. The lowest BCUT2D eigenvalue weighted by Crippen LogP contribution is -2.53. The van der Waals surface area contributed by atoms with E-state index in [9.17, 15) is 18.0 Å². The standard InChI is InChI=1S/C38H45N3O5S/c1-5-7-24-39-38(43)36(26-31-13-9-8-10-14-31)40(27-32-15-11-12-30(4)25-32)37(42)28-41(33-18-20-34(21-19-33)46-6-2)47(44,45)35-22-16-29(3)17-23-35/h8-23,25,36H,5-7,24,26-28H2,1-4H3,(H,39,43)/t36-/m1/s1. The third-order valence-corrected chi connectivity index (χ3v) is 9.65. The maximum absolute atomic E-state index is 14.6. The van der Waals surface area contributed by atoms with E-state index >= 15 is 0 Å². The molecule has 0 unspecified atom stereocenters. The fourth-order valence-electron chi connectivity index (χ4n) is 5.31. The van der Waals surface area contributed by atoms with Crippen molar-refractivity contribution in [1.29, 1.82) is 0 Å². The molecule has 0 spiro atoms. The summed E-state index contributed by atoms with van der Waals surface area (Å²) < 4.78 is 35.2. The molecule has 0 aliphatic carbocycles. The van der Waals surface area contributed by atoms with Crippen molar-refractivity contribution >= 4 is 27.5 Å². The summed E-state index contributed by atoms with van der Waals surface area (Å²) in [4.78, 5) is 30.1. The van der Waals surface area contributed by atoms with Gasteiger partial charge in [0.1, 0.15) is 18.3 Å². The summed E-state index contributed by atoms with van der Waals surface area (Å²) >= 11 is 0. The fraction of sp³-hybridized carbons (Fsp3) is 0.316. The first kappa shape index (κ1) is 35.2. The first-order chi connectivity index (χ1) is 22.6. The van der Waals surface area contributed by atoms with E-state index in [-0.39, 0.29) is 23.8 Å². The van der Waals surface area contributed by atoms with E-state index < -0.39 is 28.5 Å². The van der Waals surface area contributed by atoms with Gasteiger partial charge in [-0.15, -0.1) is 0 Å². The van der Waals surface area contributed by atoms with E-state index in [0.29, 0.717) is 24.6 Å². The first-order valence-corrected chi connectivity index (χ1v) is 17.5. The van der Waals surface area contributed by atoms with Crippen molar-refractivity contribution < 1.29 is 22.7 Å². The maximum Gasteiger partial charge on any atom is 0.264 e. The Labute approximate surface area is 279 Å². The quantitative estimate of drug-likeness (QED) is 0.140. The van der Waals surface area contributed by atoms with Crippen LogP contribution in [-0.4, -0.2) is 50.9 Å². The van der Waals surface area contributed by atoms with E-state index in [1.807, 2.05) is 82.3 Å². The summed E-state index contributed by atoms with van der Waals surface area (Å²) in [6, 6.07) is 29.6. The van der Waals surface area contributed by atoms with Crippen molar-refractivity contribution in [2.45, 2.75) is 64.4 Å². The van der Waals surface area contributed by atoms with Crippen molar-refractivity contribution in [2.24, 2.45) is 0 Å². The highest BCUT2D eigenvalue weighted by Gasteiger charge is 2.34. The minimum Gasteiger partial charge on any atom is -0.494 e. The molecule has 0 radical (unpaired) electrons. The molecule has 0 aromatic heterocycles. The number of ether oxygens (including phenoxy) is 1. The molecule has 0 saturated heterocycles. The van der Waals surface area contributed by atoms with Crippen LogP contribution in [0.25, 0.3) is 0 Å². The summed E-state index contributed by atoms with van der Waals surface area (Å²) in [6.07, 6.45) is 1.98. The second-order valence-corrected chi connectivity index (χ2v) is 13.5. The molecule has 2 amide bonds. The van der Waals surface area contributed by atoms with Gasteiger partial charge in [-0.1, -0.05) is 91.2 Å². The van der Waals surface area contributed by atoms with Crippen molar-refractivity contribution in [3.05, 3.63) is 125 Å². The van der Waals surface area contributed by atoms with Gasteiger partial charge >= 0.3 is 0 Å². The van der Waals surface area contributed by atoms with Crippen LogP contribution in [0.4, 0.5) is 5.69 Å². The molecule has 47 heavy (non-hydrogen) atoms. The highest BCUT2D eigenvalue weighted by Crippen LogP contribution is 2.27. The van der Waals surface area contributed by atoms with E-state index in [4.69, 9.17) is 4.74 Å². The third-order valence-electron chi connectivity index (χ3n) is 7.86. The van der Waals surface area contributed by atoms with Crippen LogP contribution < -0.4 is 14.4 Å². The number of nitrogens with one attached hydrogen (secondary N) is 1. The highest BCUT2D eigenvalue weighted by molar-refractivity contribution is 7.92. The van der Waals surface area contributed by atoms with Gasteiger partial charge in [0.05, 0.1) is 17.2 Å². The number of unbranched alkanes of at least 4 members (excludes halogenated alkanes) is 1. The van der Waals surface area contributed by atoms with Gasteiger partial charge in [-0.05, 0) is 74.7 Å². The van der Waals surface area contributed by atoms with Crippen LogP contribution >= 0.6 is 0 Å². The minimum absolute atomic E-state index is 0.0631. The normalized spacial score (nSPS) is 11.8. The van der Waals surface area contributed by atoms with Crippen molar-refractivity contribution in [3.8, 4) is 5.75 Å². The molecule has 4 aromatic carbocycles. The molecule has 4 rings (SSSR count). The van der Waals surface area contributed by atoms with Gasteiger partial charge < -0.3 is 15.0 Å². The lowest BCUT2D eigenvalue weighted by molar-refractivity contribution is -0.140. The van der Waals surface area contributed by atoms with E-state index in [2.05, 4.69) is 5.32 Å². The van der Waals surface area contributed by atoms with Crippen molar-refractivity contribution in [3.63, 3.8) is 0 Å². The average Bonchev–Trinajstić information content (AvgIpc) is 3.06. The Morgan fingerprint density at radius 2 is 1.49 bits per heavy atom. The predicted octanol–water partition coefficient (Wildman–Crippen LogP) is 6.45. The molecule has 248 valence electrons. The van der Waals surface area contributed by atoms with Gasteiger partial charge in [-0.3, -0.25) is 13.9 Å². The van der Waals surface area contributed by atoms with Crippen LogP contribution in [0.1, 0.15) is 48.9 Å². The average molecular weight is 656 g/mol. The lowest BCUT2D eigenvalue weighted by atomic mass is 10.0. The molecule has 8 nitrogen and oxygen atoms in total. The van der Waals surface area contributed by atoms with Crippen LogP contribution in [0.15, 0.2) is 108 Å². The number of anilines is 1. The molecular weight excluding hydrogens is 611 g/mol.